The second-order valence-electron chi connectivity index (χ2n) is 3.27. The standard InChI is InChI=1S/C11H11Cl2NS/c1-14(2)6-5-11(15)8-3-4-9(12)10(13)7-8/h3-7H,1-2H3/b6-5+. The summed E-state index contributed by atoms with van der Waals surface area (Å²) in [4.78, 5) is 2.66. The largest absolute Gasteiger partial charge is 0.383 e. The Morgan fingerprint density at radius 2 is 1.93 bits per heavy atom. The van der Waals surface area contributed by atoms with Crippen LogP contribution in [0.1, 0.15) is 5.56 Å². The predicted octanol–water partition coefficient (Wildman–Crippen LogP) is 3.79. The van der Waals surface area contributed by atoms with Gasteiger partial charge in [-0.15, -0.1) is 0 Å². The lowest BCUT2D eigenvalue weighted by Crippen LogP contribution is -2.02. The third kappa shape index (κ3) is 3.82. The molecule has 0 aliphatic carbocycles. The highest BCUT2D eigenvalue weighted by Gasteiger charge is 2.01. The molecule has 0 atom stereocenters. The van der Waals surface area contributed by atoms with Crippen LogP contribution >= 0.6 is 35.4 Å². The molecule has 4 heteroatoms. The van der Waals surface area contributed by atoms with Gasteiger partial charge in [-0.05, 0) is 30.0 Å². The summed E-state index contributed by atoms with van der Waals surface area (Å²) in [5.41, 5.74) is 0.900. The first kappa shape index (κ1) is 12.5. The van der Waals surface area contributed by atoms with E-state index in [-0.39, 0.29) is 0 Å². The molecule has 1 rings (SSSR count). The minimum atomic E-state index is 0.523. The van der Waals surface area contributed by atoms with Crippen molar-refractivity contribution in [2.24, 2.45) is 0 Å². The SMILES string of the molecule is CN(C)/C=C/C(=S)c1ccc(Cl)c(Cl)c1. The molecule has 1 aromatic rings. The normalized spacial score (nSPS) is 10.7. The summed E-state index contributed by atoms with van der Waals surface area (Å²) in [6.07, 6.45) is 3.75. The van der Waals surface area contributed by atoms with Crippen LogP contribution in [0, 0.1) is 0 Å². The van der Waals surface area contributed by atoms with Gasteiger partial charge in [-0.3, -0.25) is 0 Å². The molecule has 0 heterocycles. The Kier molecular flexibility index (Phi) is 4.58. The van der Waals surface area contributed by atoms with Gasteiger partial charge in [0, 0.05) is 19.0 Å². The van der Waals surface area contributed by atoms with Crippen molar-refractivity contribution in [3.05, 3.63) is 46.1 Å². The first-order valence-electron chi connectivity index (χ1n) is 4.34. The fourth-order valence-corrected chi connectivity index (χ4v) is 1.45. The molecule has 0 unspecified atom stereocenters. The molecule has 0 amide bonds. The Hall–Kier alpha value is -0.570. The lowest BCUT2D eigenvalue weighted by molar-refractivity contribution is 0.564. The number of halogens is 2. The van der Waals surface area contributed by atoms with Gasteiger partial charge in [0.1, 0.15) is 0 Å². The van der Waals surface area contributed by atoms with E-state index >= 15 is 0 Å². The fourth-order valence-electron chi connectivity index (χ4n) is 0.962. The van der Waals surface area contributed by atoms with Crippen molar-refractivity contribution in [2.75, 3.05) is 14.1 Å². The van der Waals surface area contributed by atoms with Crippen molar-refractivity contribution >= 4 is 40.3 Å². The summed E-state index contributed by atoms with van der Waals surface area (Å²) in [7, 11) is 3.88. The number of nitrogens with zero attached hydrogens (tertiary/aromatic N) is 1. The van der Waals surface area contributed by atoms with Gasteiger partial charge >= 0.3 is 0 Å². The van der Waals surface area contributed by atoms with Crippen LogP contribution < -0.4 is 0 Å². The van der Waals surface area contributed by atoms with Gasteiger partial charge in [-0.25, -0.2) is 0 Å². The zero-order chi connectivity index (χ0) is 11.4. The quantitative estimate of drug-likeness (QED) is 0.462. The topological polar surface area (TPSA) is 3.24 Å². The monoisotopic (exact) mass is 259 g/mol. The van der Waals surface area contributed by atoms with Crippen molar-refractivity contribution in [1.29, 1.82) is 0 Å². The van der Waals surface area contributed by atoms with Crippen LogP contribution in [0.2, 0.25) is 10.0 Å². The summed E-state index contributed by atoms with van der Waals surface area (Å²) >= 11 is 16.9. The van der Waals surface area contributed by atoms with E-state index in [9.17, 15) is 0 Å². The summed E-state index contributed by atoms with van der Waals surface area (Å²) in [5, 5.41) is 1.06. The van der Waals surface area contributed by atoms with Crippen LogP contribution in [0.3, 0.4) is 0 Å². The van der Waals surface area contributed by atoms with Gasteiger partial charge in [0.25, 0.3) is 0 Å². The second-order valence-corrected chi connectivity index (χ2v) is 4.53. The number of allylic oxidation sites excluding steroid dienone is 1. The maximum absolute atomic E-state index is 5.89. The molecule has 0 aliphatic heterocycles. The van der Waals surface area contributed by atoms with Gasteiger partial charge in [-0.1, -0.05) is 41.5 Å². The highest BCUT2D eigenvalue weighted by molar-refractivity contribution is 7.81. The van der Waals surface area contributed by atoms with E-state index in [0.717, 1.165) is 10.4 Å². The van der Waals surface area contributed by atoms with E-state index in [4.69, 9.17) is 35.4 Å². The molecule has 0 fully saturated rings. The average Bonchev–Trinajstić information content (AvgIpc) is 2.18. The number of rotatable bonds is 3. The van der Waals surface area contributed by atoms with Crippen LogP contribution in [-0.2, 0) is 0 Å². The first-order valence-corrected chi connectivity index (χ1v) is 5.51. The van der Waals surface area contributed by atoms with Crippen molar-refractivity contribution in [1.82, 2.24) is 4.90 Å². The van der Waals surface area contributed by atoms with Gasteiger partial charge in [0.05, 0.1) is 10.0 Å². The Bertz CT molecular complexity index is 400. The van der Waals surface area contributed by atoms with E-state index in [1.807, 2.05) is 37.3 Å². The first-order chi connectivity index (χ1) is 7.00. The summed E-state index contributed by atoms with van der Waals surface area (Å²) < 4.78 is 0. The molecule has 1 nitrogen and oxygen atoms in total. The Morgan fingerprint density at radius 3 is 2.47 bits per heavy atom. The molecule has 0 saturated carbocycles. The van der Waals surface area contributed by atoms with E-state index in [1.54, 1.807) is 12.1 Å². The van der Waals surface area contributed by atoms with Crippen LogP contribution in [0.5, 0.6) is 0 Å². The number of hydrogen-bond acceptors (Lipinski definition) is 2. The Morgan fingerprint density at radius 1 is 1.27 bits per heavy atom. The number of benzene rings is 1. The molecule has 80 valence electrons. The highest BCUT2D eigenvalue weighted by Crippen LogP contribution is 2.23. The maximum atomic E-state index is 5.89. The lowest BCUT2D eigenvalue weighted by atomic mass is 10.1. The summed E-state index contributed by atoms with van der Waals surface area (Å²) in [6.45, 7) is 0. The maximum Gasteiger partial charge on any atom is 0.0598 e. The van der Waals surface area contributed by atoms with Gasteiger partial charge in [-0.2, -0.15) is 0 Å². The van der Waals surface area contributed by atoms with Crippen LogP contribution in [-0.4, -0.2) is 23.9 Å². The number of thiocarbonyl (C=S) groups is 1. The predicted molar refractivity (Wildman–Crippen MR) is 71.0 cm³/mol. The van der Waals surface area contributed by atoms with Gasteiger partial charge < -0.3 is 4.90 Å². The third-order valence-corrected chi connectivity index (χ3v) is 2.84. The minimum absolute atomic E-state index is 0.523. The molecule has 0 saturated heterocycles. The molecule has 0 aliphatic rings. The molecular weight excluding hydrogens is 249 g/mol. The summed E-state index contributed by atoms with van der Waals surface area (Å²) in [6, 6.07) is 5.37. The molecule has 0 spiro atoms. The number of hydrogen-bond donors (Lipinski definition) is 0. The molecular formula is C11H11Cl2NS. The van der Waals surface area contributed by atoms with Crippen molar-refractivity contribution in [3.63, 3.8) is 0 Å². The molecule has 15 heavy (non-hydrogen) atoms. The highest BCUT2D eigenvalue weighted by atomic mass is 35.5. The zero-order valence-corrected chi connectivity index (χ0v) is 10.8. The lowest BCUT2D eigenvalue weighted by Gasteiger charge is -2.05. The zero-order valence-electron chi connectivity index (χ0n) is 8.50. The molecule has 1 aromatic carbocycles. The smallest absolute Gasteiger partial charge is 0.0598 e. The van der Waals surface area contributed by atoms with E-state index < -0.39 is 0 Å². The Balaban J connectivity index is 2.88. The molecule has 0 N–H and O–H groups in total. The van der Waals surface area contributed by atoms with Gasteiger partial charge in [0.15, 0.2) is 0 Å². The average molecular weight is 260 g/mol. The van der Waals surface area contributed by atoms with Crippen molar-refractivity contribution < 1.29 is 0 Å². The van der Waals surface area contributed by atoms with Crippen LogP contribution in [0.4, 0.5) is 0 Å². The van der Waals surface area contributed by atoms with Crippen LogP contribution in [0.25, 0.3) is 0 Å². The van der Waals surface area contributed by atoms with Crippen LogP contribution in [0.15, 0.2) is 30.5 Å². The van der Waals surface area contributed by atoms with Crippen molar-refractivity contribution in [2.45, 2.75) is 0 Å². The summed E-state index contributed by atoms with van der Waals surface area (Å²) in [5.74, 6) is 0. The van der Waals surface area contributed by atoms with E-state index in [1.165, 1.54) is 0 Å². The van der Waals surface area contributed by atoms with E-state index in [2.05, 4.69) is 0 Å². The van der Waals surface area contributed by atoms with Gasteiger partial charge in [0.2, 0.25) is 0 Å². The molecule has 0 radical (unpaired) electrons. The third-order valence-electron chi connectivity index (χ3n) is 1.73. The van der Waals surface area contributed by atoms with Crippen molar-refractivity contribution in [3.8, 4) is 0 Å². The van der Waals surface area contributed by atoms with E-state index in [0.29, 0.717) is 10.0 Å². The minimum Gasteiger partial charge on any atom is -0.383 e. The Labute approximate surface area is 105 Å². The second kappa shape index (κ2) is 5.50. The molecule has 0 aromatic heterocycles. The fraction of sp³-hybridized carbons (Fsp3) is 0.182. The molecule has 0 bridgehead atoms.